The fourth-order valence-corrected chi connectivity index (χ4v) is 2.50. The molecule has 0 aromatic heterocycles. The van der Waals surface area contributed by atoms with Crippen LogP contribution in [0.15, 0.2) is 12.2 Å². The smallest absolute Gasteiger partial charge is 0.0226 e. The SMILES string of the molecule is NC1C=C[C@H]2CCCCC2C1. The summed E-state index contributed by atoms with van der Waals surface area (Å²) in [5.41, 5.74) is 5.85. The summed E-state index contributed by atoms with van der Waals surface area (Å²) in [5.74, 6) is 1.80. The topological polar surface area (TPSA) is 26.0 Å². The highest BCUT2D eigenvalue weighted by Crippen LogP contribution is 2.36. The Morgan fingerprint density at radius 1 is 1.09 bits per heavy atom. The molecule has 2 rings (SSSR count). The van der Waals surface area contributed by atoms with Gasteiger partial charge in [-0.15, -0.1) is 0 Å². The maximum Gasteiger partial charge on any atom is 0.0226 e. The van der Waals surface area contributed by atoms with Gasteiger partial charge in [0.25, 0.3) is 0 Å². The van der Waals surface area contributed by atoms with Crippen molar-refractivity contribution >= 4 is 0 Å². The molecule has 11 heavy (non-hydrogen) atoms. The molecule has 2 N–H and O–H groups in total. The lowest BCUT2D eigenvalue weighted by atomic mass is 9.73. The largest absolute Gasteiger partial charge is 0.324 e. The number of hydrogen-bond acceptors (Lipinski definition) is 1. The molecule has 0 aromatic carbocycles. The van der Waals surface area contributed by atoms with E-state index < -0.39 is 0 Å². The molecule has 62 valence electrons. The van der Waals surface area contributed by atoms with E-state index >= 15 is 0 Å². The summed E-state index contributed by atoms with van der Waals surface area (Å²) < 4.78 is 0. The Bertz CT molecular complexity index is 162. The number of hydrogen-bond donors (Lipinski definition) is 1. The van der Waals surface area contributed by atoms with Crippen molar-refractivity contribution in [2.75, 3.05) is 0 Å². The first-order valence-electron chi connectivity index (χ1n) is 4.80. The Balaban J connectivity index is 2.05. The van der Waals surface area contributed by atoms with Crippen molar-refractivity contribution in [1.29, 1.82) is 0 Å². The third kappa shape index (κ3) is 1.48. The molecular weight excluding hydrogens is 134 g/mol. The quantitative estimate of drug-likeness (QED) is 0.527. The van der Waals surface area contributed by atoms with Crippen LogP contribution in [0.25, 0.3) is 0 Å². The van der Waals surface area contributed by atoms with E-state index in [4.69, 9.17) is 5.73 Å². The van der Waals surface area contributed by atoms with Gasteiger partial charge in [-0.3, -0.25) is 0 Å². The summed E-state index contributed by atoms with van der Waals surface area (Å²) in [6.45, 7) is 0. The predicted molar refractivity (Wildman–Crippen MR) is 47.2 cm³/mol. The Morgan fingerprint density at radius 3 is 2.82 bits per heavy atom. The van der Waals surface area contributed by atoms with Gasteiger partial charge < -0.3 is 5.73 Å². The van der Waals surface area contributed by atoms with E-state index in [0.717, 1.165) is 11.8 Å². The number of rotatable bonds is 0. The van der Waals surface area contributed by atoms with Crippen LogP contribution in [0.4, 0.5) is 0 Å². The van der Waals surface area contributed by atoms with Crippen LogP contribution in [0.3, 0.4) is 0 Å². The van der Waals surface area contributed by atoms with E-state index in [1.807, 2.05) is 0 Å². The van der Waals surface area contributed by atoms with Crippen LogP contribution in [-0.2, 0) is 0 Å². The molecule has 1 fully saturated rings. The highest BCUT2D eigenvalue weighted by Gasteiger charge is 2.26. The Morgan fingerprint density at radius 2 is 1.91 bits per heavy atom. The molecule has 1 nitrogen and oxygen atoms in total. The van der Waals surface area contributed by atoms with E-state index in [9.17, 15) is 0 Å². The van der Waals surface area contributed by atoms with Gasteiger partial charge in [-0.2, -0.15) is 0 Å². The lowest BCUT2D eigenvalue weighted by molar-refractivity contribution is 0.249. The van der Waals surface area contributed by atoms with E-state index in [1.54, 1.807) is 0 Å². The second kappa shape index (κ2) is 2.98. The lowest BCUT2D eigenvalue weighted by Gasteiger charge is -2.34. The van der Waals surface area contributed by atoms with Crippen LogP contribution in [0.1, 0.15) is 32.1 Å². The summed E-state index contributed by atoms with van der Waals surface area (Å²) in [6, 6.07) is 0.356. The maximum absolute atomic E-state index is 5.85. The zero-order chi connectivity index (χ0) is 7.68. The molecule has 0 spiro atoms. The zero-order valence-corrected chi connectivity index (χ0v) is 7.00. The van der Waals surface area contributed by atoms with Crippen molar-refractivity contribution in [3.05, 3.63) is 12.2 Å². The van der Waals surface area contributed by atoms with Crippen LogP contribution in [-0.4, -0.2) is 6.04 Å². The van der Waals surface area contributed by atoms with Gasteiger partial charge >= 0.3 is 0 Å². The highest BCUT2D eigenvalue weighted by atomic mass is 14.6. The molecule has 0 aliphatic heterocycles. The van der Waals surface area contributed by atoms with E-state index in [1.165, 1.54) is 32.1 Å². The van der Waals surface area contributed by atoms with Gasteiger partial charge in [-0.25, -0.2) is 0 Å². The van der Waals surface area contributed by atoms with Gasteiger partial charge in [0.1, 0.15) is 0 Å². The van der Waals surface area contributed by atoms with Gasteiger partial charge in [0.2, 0.25) is 0 Å². The first-order chi connectivity index (χ1) is 5.36. The van der Waals surface area contributed by atoms with Crippen LogP contribution in [0, 0.1) is 11.8 Å². The fourth-order valence-electron chi connectivity index (χ4n) is 2.50. The average Bonchev–Trinajstić information content (AvgIpc) is 2.04. The van der Waals surface area contributed by atoms with E-state index in [2.05, 4.69) is 12.2 Å². The first-order valence-corrected chi connectivity index (χ1v) is 4.80. The summed E-state index contributed by atoms with van der Waals surface area (Å²) >= 11 is 0. The zero-order valence-electron chi connectivity index (χ0n) is 7.00. The molecule has 2 aliphatic carbocycles. The molecule has 1 heteroatoms. The predicted octanol–water partition coefficient (Wildman–Crippen LogP) is 2.08. The minimum absolute atomic E-state index is 0.356. The molecule has 2 unspecified atom stereocenters. The number of allylic oxidation sites excluding steroid dienone is 1. The van der Waals surface area contributed by atoms with Crippen molar-refractivity contribution in [3.8, 4) is 0 Å². The van der Waals surface area contributed by atoms with Gasteiger partial charge in [0.15, 0.2) is 0 Å². The molecule has 3 atom stereocenters. The summed E-state index contributed by atoms with van der Waals surface area (Å²) in [5, 5.41) is 0. The Hall–Kier alpha value is -0.300. The second-order valence-electron chi connectivity index (χ2n) is 3.99. The maximum atomic E-state index is 5.85. The van der Waals surface area contributed by atoms with Crippen molar-refractivity contribution in [2.45, 2.75) is 38.1 Å². The molecule has 0 amide bonds. The minimum atomic E-state index is 0.356. The van der Waals surface area contributed by atoms with Crippen molar-refractivity contribution in [2.24, 2.45) is 17.6 Å². The van der Waals surface area contributed by atoms with Crippen molar-refractivity contribution in [1.82, 2.24) is 0 Å². The van der Waals surface area contributed by atoms with Gasteiger partial charge in [-0.1, -0.05) is 25.0 Å². The molecule has 0 radical (unpaired) electrons. The standard InChI is InChI=1S/C10H17N/c11-10-6-5-8-3-1-2-4-9(8)7-10/h5-6,8-10H,1-4,7,11H2/t8-,9?,10?/m1/s1. The monoisotopic (exact) mass is 151 g/mol. The number of fused-ring (bicyclic) bond motifs is 1. The molecular formula is C10H17N. The third-order valence-corrected chi connectivity index (χ3v) is 3.15. The first kappa shape index (κ1) is 7.35. The molecule has 0 saturated heterocycles. The lowest BCUT2D eigenvalue weighted by Crippen LogP contribution is -2.30. The van der Waals surface area contributed by atoms with Crippen molar-refractivity contribution < 1.29 is 0 Å². The normalized spacial score (nSPS) is 43.5. The van der Waals surface area contributed by atoms with Crippen LogP contribution in [0.2, 0.25) is 0 Å². The molecule has 2 aliphatic rings. The molecule has 1 saturated carbocycles. The van der Waals surface area contributed by atoms with Crippen LogP contribution in [0.5, 0.6) is 0 Å². The average molecular weight is 151 g/mol. The minimum Gasteiger partial charge on any atom is -0.324 e. The van der Waals surface area contributed by atoms with E-state index in [-0.39, 0.29) is 0 Å². The summed E-state index contributed by atoms with van der Waals surface area (Å²) in [7, 11) is 0. The van der Waals surface area contributed by atoms with E-state index in [0.29, 0.717) is 6.04 Å². The van der Waals surface area contributed by atoms with Gasteiger partial charge in [-0.05, 0) is 31.1 Å². The summed E-state index contributed by atoms with van der Waals surface area (Å²) in [6.07, 6.45) is 11.5. The van der Waals surface area contributed by atoms with Crippen LogP contribution < -0.4 is 5.73 Å². The Labute approximate surface area is 68.7 Å². The summed E-state index contributed by atoms with van der Waals surface area (Å²) in [4.78, 5) is 0. The third-order valence-electron chi connectivity index (χ3n) is 3.15. The molecule has 0 heterocycles. The van der Waals surface area contributed by atoms with Crippen molar-refractivity contribution in [3.63, 3.8) is 0 Å². The number of nitrogens with two attached hydrogens (primary N) is 1. The van der Waals surface area contributed by atoms with Crippen LogP contribution >= 0.6 is 0 Å². The van der Waals surface area contributed by atoms with Gasteiger partial charge in [0.05, 0.1) is 0 Å². The molecule has 0 aromatic rings. The second-order valence-corrected chi connectivity index (χ2v) is 3.99. The van der Waals surface area contributed by atoms with Gasteiger partial charge in [0, 0.05) is 6.04 Å². The molecule has 0 bridgehead atoms. The highest BCUT2D eigenvalue weighted by molar-refractivity contribution is 5.04. The Kier molecular flexibility index (Phi) is 1.99. The fraction of sp³-hybridized carbons (Fsp3) is 0.800.